The van der Waals surface area contributed by atoms with E-state index >= 15 is 0 Å². The molecule has 1 aliphatic rings. The summed E-state index contributed by atoms with van der Waals surface area (Å²) in [6, 6.07) is 6.70. The van der Waals surface area contributed by atoms with Crippen molar-refractivity contribution in [2.45, 2.75) is 18.8 Å². The molecule has 0 bridgehead atoms. The van der Waals surface area contributed by atoms with Crippen LogP contribution in [-0.2, 0) is 0 Å². The number of piperidine rings is 1. The van der Waals surface area contributed by atoms with Crippen molar-refractivity contribution in [3.8, 4) is 6.07 Å². The Morgan fingerprint density at radius 1 is 1.35 bits per heavy atom. The van der Waals surface area contributed by atoms with E-state index in [1.807, 2.05) is 25.1 Å². The number of hydrogen-bond donors (Lipinski definition) is 0. The molecule has 0 spiro atoms. The second kappa shape index (κ2) is 6.24. The van der Waals surface area contributed by atoms with Crippen LogP contribution in [0.2, 0.25) is 0 Å². The van der Waals surface area contributed by atoms with Crippen molar-refractivity contribution < 1.29 is 8.91 Å². The quantitative estimate of drug-likeness (QED) is 0.867. The van der Waals surface area contributed by atoms with Crippen LogP contribution in [-0.4, -0.2) is 37.3 Å². The van der Waals surface area contributed by atoms with Gasteiger partial charge < -0.3 is 14.3 Å². The average Bonchev–Trinajstić information content (AvgIpc) is 3.05. The van der Waals surface area contributed by atoms with Crippen LogP contribution in [0.5, 0.6) is 0 Å². The van der Waals surface area contributed by atoms with Gasteiger partial charge in [-0.15, -0.1) is 0 Å². The fourth-order valence-corrected chi connectivity index (χ4v) is 2.83. The topological polar surface area (TPSA) is 69.2 Å². The Morgan fingerprint density at radius 3 is 2.70 bits per heavy atom. The minimum absolute atomic E-state index is 0.110. The zero-order chi connectivity index (χ0) is 16.4. The molecule has 1 aromatic heterocycles. The lowest BCUT2D eigenvalue weighted by Crippen LogP contribution is -2.33. The first kappa shape index (κ1) is 15.3. The van der Waals surface area contributed by atoms with Gasteiger partial charge in [-0.25, -0.2) is 4.39 Å². The molecule has 1 aromatic carbocycles. The Balaban J connectivity index is 1.71. The number of nitrogens with zero attached hydrogens (tertiary/aromatic N) is 5. The summed E-state index contributed by atoms with van der Waals surface area (Å²) in [4.78, 5) is 8.24. The standard InChI is InChI=1S/C16H18FN5O/c1-21(2)16-19-15(23-20-16)11-6-8-22(9-7-11)14-5-3-4-13(17)12(14)10-18/h3-5,11H,6-9H2,1-2H3. The highest BCUT2D eigenvalue weighted by atomic mass is 19.1. The van der Waals surface area contributed by atoms with Gasteiger partial charge in [0, 0.05) is 33.1 Å². The van der Waals surface area contributed by atoms with Crippen molar-refractivity contribution in [2.75, 3.05) is 37.0 Å². The third-order valence-corrected chi connectivity index (χ3v) is 4.12. The van der Waals surface area contributed by atoms with Crippen molar-refractivity contribution >= 4 is 11.6 Å². The fraction of sp³-hybridized carbons (Fsp3) is 0.438. The maximum absolute atomic E-state index is 13.7. The normalized spacial score (nSPS) is 15.5. The highest BCUT2D eigenvalue weighted by molar-refractivity contribution is 5.60. The fourth-order valence-electron chi connectivity index (χ4n) is 2.83. The zero-order valence-corrected chi connectivity index (χ0v) is 13.2. The van der Waals surface area contributed by atoms with Crippen molar-refractivity contribution in [1.82, 2.24) is 10.1 Å². The third-order valence-electron chi connectivity index (χ3n) is 4.12. The van der Waals surface area contributed by atoms with E-state index in [4.69, 9.17) is 9.78 Å². The van der Waals surface area contributed by atoms with Crippen molar-refractivity contribution in [2.24, 2.45) is 0 Å². The van der Waals surface area contributed by atoms with Crippen LogP contribution in [0, 0.1) is 17.1 Å². The molecule has 0 atom stereocenters. The van der Waals surface area contributed by atoms with Gasteiger partial charge in [0.05, 0.1) is 5.69 Å². The molecule has 1 fully saturated rings. The van der Waals surface area contributed by atoms with Gasteiger partial charge in [-0.3, -0.25) is 0 Å². The summed E-state index contributed by atoms with van der Waals surface area (Å²) < 4.78 is 19.1. The number of rotatable bonds is 3. The van der Waals surface area contributed by atoms with Gasteiger partial charge >= 0.3 is 0 Å². The maximum atomic E-state index is 13.7. The smallest absolute Gasteiger partial charge is 0.265 e. The van der Waals surface area contributed by atoms with Gasteiger partial charge in [0.2, 0.25) is 5.89 Å². The molecule has 7 heteroatoms. The monoisotopic (exact) mass is 315 g/mol. The second-order valence-corrected chi connectivity index (χ2v) is 5.83. The second-order valence-electron chi connectivity index (χ2n) is 5.83. The molecule has 1 saturated heterocycles. The first-order valence-electron chi connectivity index (χ1n) is 7.54. The lowest BCUT2D eigenvalue weighted by Gasteiger charge is -2.32. The first-order valence-corrected chi connectivity index (χ1v) is 7.54. The largest absolute Gasteiger partial charge is 0.370 e. The third kappa shape index (κ3) is 2.97. The minimum atomic E-state index is -0.473. The van der Waals surface area contributed by atoms with Gasteiger partial charge in [0.1, 0.15) is 17.4 Å². The van der Waals surface area contributed by atoms with Crippen LogP contribution in [0.15, 0.2) is 22.7 Å². The number of aromatic nitrogens is 2. The number of anilines is 2. The van der Waals surface area contributed by atoms with E-state index in [1.165, 1.54) is 6.07 Å². The molecule has 0 saturated carbocycles. The van der Waals surface area contributed by atoms with Crippen molar-refractivity contribution in [1.29, 1.82) is 5.26 Å². The predicted octanol–water partition coefficient (Wildman–Crippen LogP) is 2.53. The number of halogens is 1. The molecule has 0 N–H and O–H groups in total. The van der Waals surface area contributed by atoms with Crippen LogP contribution in [0.4, 0.5) is 16.0 Å². The van der Waals surface area contributed by atoms with Crippen LogP contribution >= 0.6 is 0 Å². The van der Waals surface area contributed by atoms with E-state index < -0.39 is 5.82 Å². The summed E-state index contributed by atoms with van der Waals surface area (Å²) in [5, 5.41) is 13.1. The van der Waals surface area contributed by atoms with E-state index in [2.05, 4.69) is 10.1 Å². The molecule has 3 rings (SSSR count). The SMILES string of the molecule is CN(C)c1noc(C2CCN(c3cccc(F)c3C#N)CC2)n1. The molecular weight excluding hydrogens is 297 g/mol. The molecule has 6 nitrogen and oxygen atoms in total. The lowest BCUT2D eigenvalue weighted by molar-refractivity contribution is 0.329. The van der Waals surface area contributed by atoms with E-state index in [9.17, 15) is 4.39 Å². The van der Waals surface area contributed by atoms with Gasteiger partial charge in [-0.05, 0) is 30.1 Å². The molecular formula is C16H18FN5O. The highest BCUT2D eigenvalue weighted by Crippen LogP contribution is 2.32. The summed E-state index contributed by atoms with van der Waals surface area (Å²) in [5.74, 6) is 0.943. The summed E-state index contributed by atoms with van der Waals surface area (Å²) >= 11 is 0. The Morgan fingerprint density at radius 2 is 2.09 bits per heavy atom. The summed E-state index contributed by atoms with van der Waals surface area (Å²) in [7, 11) is 3.73. The molecule has 0 radical (unpaired) electrons. The number of benzene rings is 1. The van der Waals surface area contributed by atoms with E-state index in [-0.39, 0.29) is 11.5 Å². The van der Waals surface area contributed by atoms with Crippen LogP contribution < -0.4 is 9.80 Å². The summed E-state index contributed by atoms with van der Waals surface area (Å²) in [6.07, 6.45) is 1.66. The molecule has 2 aromatic rings. The highest BCUT2D eigenvalue weighted by Gasteiger charge is 2.27. The first-order chi connectivity index (χ1) is 11.1. The van der Waals surface area contributed by atoms with Gasteiger partial charge in [-0.1, -0.05) is 6.07 Å². The zero-order valence-electron chi connectivity index (χ0n) is 13.2. The molecule has 2 heterocycles. The van der Waals surface area contributed by atoms with Gasteiger partial charge in [0.15, 0.2) is 0 Å². The molecule has 0 unspecified atom stereocenters. The van der Waals surface area contributed by atoms with E-state index in [0.717, 1.165) is 25.9 Å². The number of nitriles is 1. The van der Waals surface area contributed by atoms with Crippen LogP contribution in [0.3, 0.4) is 0 Å². The van der Waals surface area contributed by atoms with Crippen molar-refractivity contribution in [3.05, 3.63) is 35.5 Å². The molecule has 120 valence electrons. The molecule has 1 aliphatic heterocycles. The Bertz CT molecular complexity index is 728. The summed E-state index contributed by atoms with van der Waals surface area (Å²) in [5.41, 5.74) is 0.768. The van der Waals surface area contributed by atoms with E-state index in [1.54, 1.807) is 17.0 Å². The van der Waals surface area contributed by atoms with Crippen molar-refractivity contribution in [3.63, 3.8) is 0 Å². The Hall–Kier alpha value is -2.62. The summed E-state index contributed by atoms with van der Waals surface area (Å²) in [6.45, 7) is 1.45. The maximum Gasteiger partial charge on any atom is 0.265 e. The molecule has 0 aliphatic carbocycles. The average molecular weight is 315 g/mol. The minimum Gasteiger partial charge on any atom is -0.370 e. The lowest BCUT2D eigenvalue weighted by atomic mass is 9.96. The van der Waals surface area contributed by atoms with Crippen LogP contribution in [0.25, 0.3) is 0 Å². The molecule has 0 amide bonds. The van der Waals surface area contributed by atoms with E-state index in [0.29, 0.717) is 17.5 Å². The van der Waals surface area contributed by atoms with Gasteiger partial charge in [0.25, 0.3) is 5.95 Å². The number of hydrogen-bond acceptors (Lipinski definition) is 6. The van der Waals surface area contributed by atoms with Crippen LogP contribution in [0.1, 0.15) is 30.2 Å². The molecule has 23 heavy (non-hydrogen) atoms. The van der Waals surface area contributed by atoms with Gasteiger partial charge in [-0.2, -0.15) is 10.2 Å². The Kier molecular flexibility index (Phi) is 4.15. The predicted molar refractivity (Wildman–Crippen MR) is 83.9 cm³/mol. The Labute approximate surface area is 134 Å².